The van der Waals surface area contributed by atoms with E-state index in [4.69, 9.17) is 4.74 Å². The molecule has 2 unspecified atom stereocenters. The summed E-state index contributed by atoms with van der Waals surface area (Å²) in [5.74, 6) is 0. The van der Waals surface area contributed by atoms with E-state index in [0.29, 0.717) is 6.04 Å². The van der Waals surface area contributed by atoms with Crippen LogP contribution in [0.15, 0.2) is 0 Å². The van der Waals surface area contributed by atoms with Crippen LogP contribution >= 0.6 is 0 Å². The van der Waals surface area contributed by atoms with Crippen LogP contribution in [-0.2, 0) is 4.74 Å². The predicted molar refractivity (Wildman–Crippen MR) is 68.8 cm³/mol. The minimum atomic E-state index is -0.474. The van der Waals surface area contributed by atoms with E-state index in [-0.39, 0.29) is 6.10 Å². The standard InChI is InChI=1S/C13H25N3O/c1-11(2)15-13(4,9-14)10-16-6-5-7-17-12(3)8-16/h11-12,15H,5-8,10H2,1-4H3. The summed E-state index contributed by atoms with van der Waals surface area (Å²) in [4.78, 5) is 2.33. The molecule has 1 N–H and O–H groups in total. The maximum absolute atomic E-state index is 9.33. The van der Waals surface area contributed by atoms with Gasteiger partial charge in [-0.3, -0.25) is 10.2 Å². The first-order valence-corrected chi connectivity index (χ1v) is 6.48. The number of hydrogen-bond acceptors (Lipinski definition) is 4. The van der Waals surface area contributed by atoms with Crippen LogP contribution in [0.2, 0.25) is 0 Å². The summed E-state index contributed by atoms with van der Waals surface area (Å²) < 4.78 is 5.62. The van der Waals surface area contributed by atoms with Crippen LogP contribution in [0.1, 0.15) is 34.1 Å². The maximum Gasteiger partial charge on any atom is 0.116 e. The first-order valence-electron chi connectivity index (χ1n) is 6.48. The van der Waals surface area contributed by atoms with Crippen LogP contribution in [-0.4, -0.2) is 48.8 Å². The Hall–Kier alpha value is -0.630. The Labute approximate surface area is 105 Å². The third-order valence-corrected chi connectivity index (χ3v) is 2.93. The van der Waals surface area contributed by atoms with Crippen molar-refractivity contribution in [2.75, 3.05) is 26.2 Å². The zero-order chi connectivity index (χ0) is 12.9. The van der Waals surface area contributed by atoms with Gasteiger partial charge in [-0.05, 0) is 34.1 Å². The quantitative estimate of drug-likeness (QED) is 0.805. The van der Waals surface area contributed by atoms with Gasteiger partial charge >= 0.3 is 0 Å². The van der Waals surface area contributed by atoms with E-state index in [0.717, 1.165) is 32.7 Å². The number of ether oxygens (including phenoxy) is 1. The lowest BCUT2D eigenvalue weighted by Crippen LogP contribution is -2.53. The molecular weight excluding hydrogens is 214 g/mol. The van der Waals surface area contributed by atoms with E-state index < -0.39 is 5.54 Å². The monoisotopic (exact) mass is 239 g/mol. The zero-order valence-electron chi connectivity index (χ0n) is 11.5. The number of nitrogens with zero attached hydrogens (tertiary/aromatic N) is 2. The second-order valence-electron chi connectivity index (χ2n) is 5.51. The molecule has 1 saturated heterocycles. The van der Waals surface area contributed by atoms with Crippen molar-refractivity contribution >= 4 is 0 Å². The predicted octanol–water partition coefficient (Wildman–Crippen LogP) is 1.38. The molecule has 17 heavy (non-hydrogen) atoms. The van der Waals surface area contributed by atoms with E-state index in [1.54, 1.807) is 0 Å². The van der Waals surface area contributed by atoms with Gasteiger partial charge in [0.15, 0.2) is 0 Å². The van der Waals surface area contributed by atoms with Crippen molar-refractivity contribution in [1.29, 1.82) is 5.26 Å². The second kappa shape index (κ2) is 6.34. The summed E-state index contributed by atoms with van der Waals surface area (Å²) in [5.41, 5.74) is -0.474. The summed E-state index contributed by atoms with van der Waals surface area (Å²) >= 11 is 0. The average Bonchev–Trinajstić information content (AvgIpc) is 2.41. The van der Waals surface area contributed by atoms with Gasteiger partial charge in [0.25, 0.3) is 0 Å². The van der Waals surface area contributed by atoms with E-state index >= 15 is 0 Å². The summed E-state index contributed by atoms with van der Waals surface area (Å²) in [7, 11) is 0. The van der Waals surface area contributed by atoms with Crippen molar-refractivity contribution in [2.45, 2.75) is 51.8 Å². The highest BCUT2D eigenvalue weighted by Gasteiger charge is 2.28. The van der Waals surface area contributed by atoms with Gasteiger partial charge in [0.05, 0.1) is 12.2 Å². The molecule has 0 bridgehead atoms. The van der Waals surface area contributed by atoms with E-state index in [1.807, 2.05) is 6.92 Å². The summed E-state index contributed by atoms with van der Waals surface area (Å²) in [6.45, 7) is 11.7. The molecule has 0 saturated carbocycles. The molecule has 0 aliphatic carbocycles. The van der Waals surface area contributed by atoms with Crippen LogP contribution < -0.4 is 5.32 Å². The smallest absolute Gasteiger partial charge is 0.116 e. The average molecular weight is 239 g/mol. The van der Waals surface area contributed by atoms with E-state index in [9.17, 15) is 5.26 Å². The van der Waals surface area contributed by atoms with Gasteiger partial charge in [0.2, 0.25) is 0 Å². The Morgan fingerprint density at radius 2 is 2.29 bits per heavy atom. The molecule has 0 aromatic rings. The molecule has 0 amide bonds. The van der Waals surface area contributed by atoms with Crippen LogP contribution in [0.4, 0.5) is 0 Å². The summed E-state index contributed by atoms with van der Waals surface area (Å²) in [5, 5.41) is 12.7. The largest absolute Gasteiger partial charge is 0.377 e. The maximum atomic E-state index is 9.33. The first-order chi connectivity index (χ1) is 7.95. The van der Waals surface area contributed by atoms with Gasteiger partial charge < -0.3 is 4.74 Å². The fourth-order valence-electron chi connectivity index (χ4n) is 2.42. The normalized spacial score (nSPS) is 26.2. The highest BCUT2D eigenvalue weighted by atomic mass is 16.5. The molecule has 1 aliphatic rings. The lowest BCUT2D eigenvalue weighted by Gasteiger charge is -2.32. The van der Waals surface area contributed by atoms with Gasteiger partial charge in [0, 0.05) is 32.3 Å². The molecule has 0 aromatic heterocycles. The van der Waals surface area contributed by atoms with Crippen molar-refractivity contribution in [2.24, 2.45) is 0 Å². The van der Waals surface area contributed by atoms with Crippen molar-refractivity contribution in [3.05, 3.63) is 0 Å². The highest BCUT2D eigenvalue weighted by molar-refractivity contribution is 5.06. The van der Waals surface area contributed by atoms with Gasteiger partial charge in [0.1, 0.15) is 5.54 Å². The first kappa shape index (κ1) is 14.4. The molecular formula is C13H25N3O. The molecule has 0 spiro atoms. The lowest BCUT2D eigenvalue weighted by atomic mass is 10.0. The number of rotatable bonds is 4. The van der Waals surface area contributed by atoms with Crippen LogP contribution in [0, 0.1) is 11.3 Å². The lowest BCUT2D eigenvalue weighted by molar-refractivity contribution is 0.0650. The summed E-state index contributed by atoms with van der Waals surface area (Å²) in [6.07, 6.45) is 1.31. The molecule has 1 heterocycles. The zero-order valence-corrected chi connectivity index (χ0v) is 11.5. The van der Waals surface area contributed by atoms with Gasteiger partial charge in [-0.15, -0.1) is 0 Å². The Morgan fingerprint density at radius 1 is 1.59 bits per heavy atom. The minimum absolute atomic E-state index is 0.263. The van der Waals surface area contributed by atoms with Crippen molar-refractivity contribution in [3.8, 4) is 6.07 Å². The number of nitriles is 1. The fourth-order valence-corrected chi connectivity index (χ4v) is 2.42. The third-order valence-electron chi connectivity index (χ3n) is 2.93. The molecule has 1 aliphatic heterocycles. The minimum Gasteiger partial charge on any atom is -0.377 e. The molecule has 4 nitrogen and oxygen atoms in total. The van der Waals surface area contributed by atoms with Gasteiger partial charge in [-0.1, -0.05) is 0 Å². The molecule has 98 valence electrons. The second-order valence-corrected chi connectivity index (χ2v) is 5.51. The Morgan fingerprint density at radius 3 is 2.88 bits per heavy atom. The van der Waals surface area contributed by atoms with Gasteiger partial charge in [-0.25, -0.2) is 0 Å². The van der Waals surface area contributed by atoms with Crippen molar-refractivity contribution < 1.29 is 4.74 Å². The topological polar surface area (TPSA) is 48.3 Å². The molecule has 0 aromatic carbocycles. The van der Waals surface area contributed by atoms with Crippen LogP contribution in [0.25, 0.3) is 0 Å². The highest BCUT2D eigenvalue weighted by Crippen LogP contribution is 2.11. The Balaban J connectivity index is 2.57. The Kier molecular flexibility index (Phi) is 5.38. The summed E-state index contributed by atoms with van der Waals surface area (Å²) in [6, 6.07) is 2.72. The fraction of sp³-hybridized carbons (Fsp3) is 0.923. The molecule has 2 atom stereocenters. The third kappa shape index (κ3) is 5.03. The van der Waals surface area contributed by atoms with Crippen molar-refractivity contribution in [1.82, 2.24) is 10.2 Å². The molecule has 4 heteroatoms. The van der Waals surface area contributed by atoms with Crippen LogP contribution in [0.3, 0.4) is 0 Å². The SMILES string of the molecule is CC(C)NC(C)(C#N)CN1CCCOC(C)C1. The number of nitrogens with one attached hydrogen (secondary N) is 1. The Bertz CT molecular complexity index is 274. The molecule has 1 rings (SSSR count). The molecule has 0 radical (unpaired) electrons. The van der Waals surface area contributed by atoms with Crippen molar-refractivity contribution in [3.63, 3.8) is 0 Å². The molecule has 1 fully saturated rings. The van der Waals surface area contributed by atoms with E-state index in [1.165, 1.54) is 0 Å². The van der Waals surface area contributed by atoms with E-state index in [2.05, 4.69) is 37.1 Å². The van der Waals surface area contributed by atoms with Gasteiger partial charge in [-0.2, -0.15) is 5.26 Å². The van der Waals surface area contributed by atoms with Crippen LogP contribution in [0.5, 0.6) is 0 Å². The number of hydrogen-bond donors (Lipinski definition) is 1.